The van der Waals surface area contributed by atoms with Crippen LogP contribution in [0.5, 0.6) is 0 Å². The van der Waals surface area contributed by atoms with Crippen LogP contribution in [0.15, 0.2) is 329 Å². The SMILES string of the molecule is c1ccc(N2c3ccccc3N(c3ccc4cc5cc(N6c7ccccc7N(c7ccccc7)c7cc8c(cc76)C(c6cccnc6)(c6cccnc6)c6ccccc6-8)ccc5cc4c3)c3cc4c(cc32)-c2ccccc2C4(c2cccnc2)c2cccnc2)cc1. The molecule has 0 saturated heterocycles. The quantitative estimate of drug-likeness (QED) is 0.139. The first-order valence-electron chi connectivity index (χ1n) is 31.3. The summed E-state index contributed by atoms with van der Waals surface area (Å²) in [6.07, 6.45) is 15.6. The minimum atomic E-state index is -0.708. The largest absolute Gasteiger partial charge is 0.306 e. The zero-order valence-corrected chi connectivity index (χ0v) is 49.8. The van der Waals surface area contributed by atoms with Gasteiger partial charge in [-0.1, -0.05) is 146 Å². The third-order valence-electron chi connectivity index (χ3n) is 19.7. The van der Waals surface area contributed by atoms with Crippen molar-refractivity contribution in [2.45, 2.75) is 10.8 Å². The molecule has 2 aliphatic heterocycles. The summed E-state index contributed by atoms with van der Waals surface area (Å²) in [5, 5.41) is 4.58. The summed E-state index contributed by atoms with van der Waals surface area (Å²) in [5.74, 6) is 0. The van der Waals surface area contributed by atoms with E-state index in [0.29, 0.717) is 0 Å². The van der Waals surface area contributed by atoms with Gasteiger partial charge in [-0.25, -0.2) is 0 Å². The number of fused-ring (bicyclic) bond motifs is 12. The van der Waals surface area contributed by atoms with Crippen molar-refractivity contribution in [3.05, 3.63) is 373 Å². The predicted octanol–water partition coefficient (Wildman–Crippen LogP) is 20.8. The van der Waals surface area contributed by atoms with Crippen molar-refractivity contribution in [1.29, 1.82) is 0 Å². The summed E-state index contributed by atoms with van der Waals surface area (Å²) < 4.78 is 0. The Balaban J connectivity index is 0.795. The second kappa shape index (κ2) is 20.1. The monoisotopic (exact) mass is 1170 g/mol. The lowest BCUT2D eigenvalue weighted by Gasteiger charge is -2.42. The number of para-hydroxylation sites is 6. The van der Waals surface area contributed by atoms with Gasteiger partial charge in [-0.05, 0) is 222 Å². The number of anilines is 12. The van der Waals surface area contributed by atoms with Crippen LogP contribution < -0.4 is 19.6 Å². The van der Waals surface area contributed by atoms with Crippen LogP contribution in [0.2, 0.25) is 0 Å². The average molecular weight is 1180 g/mol. The second-order valence-electron chi connectivity index (χ2n) is 24.2. The first kappa shape index (κ1) is 51.8. The molecule has 0 bridgehead atoms. The molecule has 430 valence electrons. The van der Waals surface area contributed by atoms with Gasteiger partial charge in [-0.3, -0.25) is 19.9 Å². The van der Waals surface area contributed by atoms with E-state index in [1.807, 2.05) is 49.6 Å². The van der Waals surface area contributed by atoms with Crippen LogP contribution in [0.25, 0.3) is 43.8 Å². The summed E-state index contributed by atoms with van der Waals surface area (Å²) >= 11 is 0. The number of hydrogen-bond acceptors (Lipinski definition) is 8. The Labute approximate surface area is 532 Å². The van der Waals surface area contributed by atoms with Crippen LogP contribution in [-0.2, 0) is 10.8 Å². The highest BCUT2D eigenvalue weighted by Gasteiger charge is 2.50. The van der Waals surface area contributed by atoms with Crippen molar-refractivity contribution in [1.82, 2.24) is 19.9 Å². The zero-order chi connectivity index (χ0) is 60.5. The Morgan fingerprint density at radius 1 is 0.207 bits per heavy atom. The minimum absolute atomic E-state index is 0.708. The summed E-state index contributed by atoms with van der Waals surface area (Å²) in [6, 6.07) is 103. The molecule has 4 aliphatic rings. The fraction of sp³-hybridized carbons (Fsp3) is 0.0238. The third-order valence-corrected chi connectivity index (χ3v) is 19.7. The van der Waals surface area contributed by atoms with Crippen LogP contribution in [-0.4, -0.2) is 19.9 Å². The van der Waals surface area contributed by atoms with Gasteiger partial charge in [0.25, 0.3) is 0 Å². The molecule has 11 aromatic carbocycles. The van der Waals surface area contributed by atoms with Crippen LogP contribution in [0.3, 0.4) is 0 Å². The predicted molar refractivity (Wildman–Crippen MR) is 373 cm³/mol. The Bertz CT molecular complexity index is 5020. The van der Waals surface area contributed by atoms with Gasteiger partial charge in [-0.2, -0.15) is 0 Å². The number of aromatic nitrogens is 4. The van der Waals surface area contributed by atoms with Crippen LogP contribution in [0.4, 0.5) is 68.2 Å². The van der Waals surface area contributed by atoms with E-state index in [1.54, 1.807) is 0 Å². The van der Waals surface area contributed by atoms with E-state index < -0.39 is 10.8 Å². The Kier molecular flexibility index (Phi) is 11.3. The lowest BCUT2D eigenvalue weighted by molar-refractivity contribution is 0.757. The maximum absolute atomic E-state index is 4.78. The number of hydrogen-bond donors (Lipinski definition) is 0. The summed E-state index contributed by atoms with van der Waals surface area (Å²) in [6.45, 7) is 0. The number of rotatable bonds is 8. The van der Waals surface area contributed by atoms with Crippen molar-refractivity contribution in [2.75, 3.05) is 19.6 Å². The molecule has 0 amide bonds. The van der Waals surface area contributed by atoms with E-state index in [-0.39, 0.29) is 0 Å². The molecule has 0 atom stereocenters. The fourth-order valence-electron chi connectivity index (χ4n) is 16.0. The van der Waals surface area contributed by atoms with Crippen LogP contribution in [0.1, 0.15) is 44.5 Å². The van der Waals surface area contributed by atoms with E-state index in [1.165, 1.54) is 44.5 Å². The smallest absolute Gasteiger partial charge is 0.0744 e. The Hall–Kier alpha value is -12.3. The van der Waals surface area contributed by atoms with Crippen molar-refractivity contribution < 1.29 is 0 Å². The molecule has 0 spiro atoms. The van der Waals surface area contributed by atoms with Gasteiger partial charge in [0, 0.05) is 72.3 Å². The van der Waals surface area contributed by atoms with E-state index in [0.717, 1.165) is 112 Å². The van der Waals surface area contributed by atoms with Gasteiger partial charge in [0.2, 0.25) is 0 Å². The molecule has 0 N–H and O–H groups in total. The lowest BCUT2D eigenvalue weighted by atomic mass is 9.68. The van der Waals surface area contributed by atoms with E-state index >= 15 is 0 Å². The average Bonchev–Trinajstić information content (AvgIpc) is 1.48. The Morgan fingerprint density at radius 3 is 0.891 bits per heavy atom. The maximum atomic E-state index is 4.78. The molecule has 0 saturated carbocycles. The summed E-state index contributed by atoms with van der Waals surface area (Å²) in [5.41, 5.74) is 25.4. The van der Waals surface area contributed by atoms with Crippen molar-refractivity contribution in [3.63, 3.8) is 0 Å². The fourth-order valence-corrected chi connectivity index (χ4v) is 16.0. The van der Waals surface area contributed by atoms with Gasteiger partial charge in [0.05, 0.1) is 56.3 Å². The number of pyridine rings is 4. The second-order valence-corrected chi connectivity index (χ2v) is 24.2. The molecule has 19 rings (SSSR count). The molecule has 8 nitrogen and oxygen atoms in total. The minimum Gasteiger partial charge on any atom is -0.306 e. The first-order valence-corrected chi connectivity index (χ1v) is 31.3. The summed E-state index contributed by atoms with van der Waals surface area (Å²) in [7, 11) is 0. The molecular formula is C84H54N8. The maximum Gasteiger partial charge on any atom is 0.0744 e. The van der Waals surface area contributed by atoms with Crippen LogP contribution >= 0.6 is 0 Å². The molecule has 8 heteroatoms. The van der Waals surface area contributed by atoms with E-state index in [2.05, 4.69) is 299 Å². The topological polar surface area (TPSA) is 64.5 Å². The van der Waals surface area contributed by atoms with Gasteiger partial charge < -0.3 is 19.6 Å². The van der Waals surface area contributed by atoms with Gasteiger partial charge >= 0.3 is 0 Å². The van der Waals surface area contributed by atoms with Crippen molar-refractivity contribution in [3.8, 4) is 22.3 Å². The third kappa shape index (κ3) is 7.34. The van der Waals surface area contributed by atoms with Gasteiger partial charge in [0.15, 0.2) is 0 Å². The molecule has 15 aromatic rings. The molecule has 4 aromatic heterocycles. The Morgan fingerprint density at radius 2 is 0.533 bits per heavy atom. The number of benzene rings is 11. The molecule has 0 unspecified atom stereocenters. The van der Waals surface area contributed by atoms with Crippen molar-refractivity contribution in [2.24, 2.45) is 0 Å². The highest BCUT2D eigenvalue weighted by molar-refractivity contribution is 6.09. The number of nitrogens with zero attached hydrogens (tertiary/aromatic N) is 8. The standard InChI is InChI=1S/C84H54N8/c1-3-23-63(24-4-1)89-75-31-11-13-33-77(75)91(81-49-73-69(47-79(81)89)67-27-7-9-29-71(67)83(73,59-19-15-39-85-51-59)60-20-16-40-86-52-60)65-37-35-55-44-58-46-66(38-36-56(58)43-57(55)45-65)92-78-34-14-12-32-76(78)90(64-25-5-2-6-26-64)80-48-70-68-28-8-10-30-72(68)84(74(70)50-82(80)92,61-21-17-41-87-53-61)62-22-18-42-88-54-62/h1-54H. The van der Waals surface area contributed by atoms with Gasteiger partial charge in [-0.15, -0.1) is 0 Å². The molecule has 92 heavy (non-hydrogen) atoms. The molecule has 2 aliphatic carbocycles. The molecule has 0 radical (unpaired) electrons. The summed E-state index contributed by atoms with van der Waals surface area (Å²) in [4.78, 5) is 29.0. The molecule has 0 fully saturated rings. The first-order chi connectivity index (χ1) is 45.6. The van der Waals surface area contributed by atoms with E-state index in [9.17, 15) is 0 Å². The van der Waals surface area contributed by atoms with E-state index in [4.69, 9.17) is 19.9 Å². The highest BCUT2D eigenvalue weighted by Crippen LogP contribution is 2.65. The molecular weight excluding hydrogens is 1120 g/mol. The zero-order valence-electron chi connectivity index (χ0n) is 49.8. The van der Waals surface area contributed by atoms with Crippen molar-refractivity contribution >= 4 is 89.8 Å². The lowest BCUT2D eigenvalue weighted by Crippen LogP contribution is -2.30. The van der Waals surface area contributed by atoms with Crippen LogP contribution in [0, 0.1) is 0 Å². The highest BCUT2D eigenvalue weighted by atomic mass is 15.3. The normalized spacial score (nSPS) is 14.2. The molecule has 6 heterocycles. The van der Waals surface area contributed by atoms with Gasteiger partial charge in [0.1, 0.15) is 0 Å².